The second-order valence-electron chi connectivity index (χ2n) is 11.4. The number of aliphatic hydroxyl groups is 1. The molecule has 5 heteroatoms. The molecule has 0 aromatic heterocycles. The van der Waals surface area contributed by atoms with Crippen molar-refractivity contribution in [3.05, 3.63) is 63.5 Å². The number of sulfone groups is 1. The third kappa shape index (κ3) is 3.36. The zero-order chi connectivity index (χ0) is 23.6. The smallest absolute Gasteiger partial charge is 0.282 e. The predicted molar refractivity (Wildman–Crippen MR) is 130 cm³/mol. The van der Waals surface area contributed by atoms with Crippen LogP contribution in [0.3, 0.4) is 0 Å². The van der Waals surface area contributed by atoms with Gasteiger partial charge >= 0.3 is 0 Å². The largest absolute Gasteiger partial charge is 0.393 e. The van der Waals surface area contributed by atoms with Crippen LogP contribution in [0.1, 0.15) is 70.8 Å². The summed E-state index contributed by atoms with van der Waals surface area (Å²) in [5.41, 5.74) is 3.26. The molecule has 0 aliphatic heterocycles. The Morgan fingerprint density at radius 3 is 2.42 bits per heavy atom. The zero-order valence-electron chi connectivity index (χ0n) is 20.0. The highest BCUT2D eigenvalue weighted by atomic mass is 32.2. The summed E-state index contributed by atoms with van der Waals surface area (Å²) in [6.07, 6.45) is 9.64. The highest BCUT2D eigenvalue weighted by molar-refractivity contribution is 7.95. The molecule has 3 fully saturated rings. The van der Waals surface area contributed by atoms with Gasteiger partial charge in [0, 0.05) is 0 Å². The third-order valence-corrected chi connectivity index (χ3v) is 11.5. The van der Waals surface area contributed by atoms with Crippen molar-refractivity contribution >= 4 is 9.84 Å². The van der Waals surface area contributed by atoms with Gasteiger partial charge in [0.2, 0.25) is 9.84 Å². The van der Waals surface area contributed by atoms with Crippen molar-refractivity contribution < 1.29 is 13.5 Å². The van der Waals surface area contributed by atoms with Gasteiger partial charge in [0.1, 0.15) is 0 Å². The number of allylic oxidation sites excluding steroid dienone is 2. The first kappa shape index (κ1) is 22.9. The molecule has 1 N–H and O–H groups in total. The fourth-order valence-electron chi connectivity index (χ4n) is 7.92. The Balaban J connectivity index is 1.53. The lowest BCUT2D eigenvalue weighted by Crippen LogP contribution is -2.49. The fraction of sp³-hybridized carbons (Fsp3) is 0.607. The first-order valence-corrected chi connectivity index (χ1v) is 13.9. The first-order chi connectivity index (χ1) is 15.6. The third-order valence-electron chi connectivity index (χ3n) is 9.81. The van der Waals surface area contributed by atoms with Gasteiger partial charge in [-0.25, -0.2) is 13.3 Å². The minimum absolute atomic E-state index is 0.0196. The number of aliphatic hydroxyl groups excluding tert-OH is 1. The van der Waals surface area contributed by atoms with E-state index in [2.05, 4.69) is 24.8 Å². The van der Waals surface area contributed by atoms with Gasteiger partial charge in [0.15, 0.2) is 0 Å². The maximum atomic E-state index is 13.5. The van der Waals surface area contributed by atoms with Crippen LogP contribution in [0.25, 0.3) is 4.85 Å². The van der Waals surface area contributed by atoms with E-state index < -0.39 is 9.84 Å². The Morgan fingerprint density at radius 2 is 1.73 bits per heavy atom. The molecule has 1 aromatic rings. The molecule has 0 saturated heterocycles. The average molecular weight is 466 g/mol. The van der Waals surface area contributed by atoms with E-state index in [1.54, 1.807) is 24.3 Å². The summed E-state index contributed by atoms with van der Waals surface area (Å²) < 4.78 is 27.1. The van der Waals surface area contributed by atoms with Crippen LogP contribution >= 0.6 is 0 Å². The molecule has 5 rings (SSSR count). The van der Waals surface area contributed by atoms with E-state index in [9.17, 15) is 13.5 Å². The monoisotopic (exact) mass is 465 g/mol. The molecular weight excluding hydrogens is 430 g/mol. The van der Waals surface area contributed by atoms with Gasteiger partial charge in [-0.05, 0) is 105 Å². The minimum Gasteiger partial charge on any atom is -0.393 e. The van der Waals surface area contributed by atoms with Gasteiger partial charge in [0.25, 0.3) is 5.03 Å². The molecule has 0 spiro atoms. The molecule has 0 amide bonds. The lowest BCUT2D eigenvalue weighted by Gasteiger charge is -2.57. The van der Waals surface area contributed by atoms with E-state index in [0.29, 0.717) is 24.2 Å². The molecular formula is C28H35NO3S. The summed E-state index contributed by atoms with van der Waals surface area (Å²) >= 11 is 0. The molecule has 0 radical (unpaired) electrons. The van der Waals surface area contributed by atoms with Crippen molar-refractivity contribution in [3.8, 4) is 0 Å². The number of fused-ring (bicyclic) bond motifs is 5. The Labute approximate surface area is 198 Å². The van der Waals surface area contributed by atoms with Crippen LogP contribution in [0.4, 0.5) is 0 Å². The van der Waals surface area contributed by atoms with E-state index in [4.69, 9.17) is 6.57 Å². The van der Waals surface area contributed by atoms with Crippen LogP contribution in [-0.2, 0) is 9.84 Å². The lowest BCUT2D eigenvalue weighted by atomic mass is 9.48. The topological polar surface area (TPSA) is 58.7 Å². The van der Waals surface area contributed by atoms with Crippen LogP contribution in [0.2, 0.25) is 0 Å². The van der Waals surface area contributed by atoms with Crippen molar-refractivity contribution in [2.75, 3.05) is 0 Å². The van der Waals surface area contributed by atoms with Crippen LogP contribution in [0.15, 0.2) is 51.4 Å². The second kappa shape index (κ2) is 7.82. The van der Waals surface area contributed by atoms with Crippen molar-refractivity contribution in [2.24, 2.45) is 28.6 Å². The highest BCUT2D eigenvalue weighted by Crippen LogP contribution is 2.66. The predicted octanol–water partition coefficient (Wildman–Crippen LogP) is 6.22. The molecule has 4 nitrogen and oxygen atoms in total. The summed E-state index contributed by atoms with van der Waals surface area (Å²) in [5.74, 6) is 1.53. The van der Waals surface area contributed by atoms with Crippen LogP contribution in [0.5, 0.6) is 0 Å². The Kier molecular flexibility index (Phi) is 5.42. The Hall–Kier alpha value is -1.90. The summed E-state index contributed by atoms with van der Waals surface area (Å²) in [4.78, 5) is 3.90. The van der Waals surface area contributed by atoms with Gasteiger partial charge in [-0.2, -0.15) is 0 Å². The molecule has 1 unspecified atom stereocenters. The molecule has 6 atom stereocenters. The van der Waals surface area contributed by atoms with Gasteiger partial charge in [-0.1, -0.05) is 43.2 Å². The summed E-state index contributed by atoms with van der Waals surface area (Å²) in [6, 6.07) is 6.87. The van der Waals surface area contributed by atoms with Crippen LogP contribution in [0, 0.1) is 42.1 Å². The quantitative estimate of drug-likeness (QED) is 0.416. The van der Waals surface area contributed by atoms with E-state index >= 15 is 0 Å². The Bertz CT molecular complexity index is 1170. The number of hydrogen-bond donors (Lipinski definition) is 1. The highest BCUT2D eigenvalue weighted by Gasteiger charge is 2.58. The molecule has 4 aliphatic rings. The van der Waals surface area contributed by atoms with Crippen LogP contribution < -0.4 is 0 Å². The summed E-state index contributed by atoms with van der Waals surface area (Å²) in [5, 5.41) is 10.2. The standard InChI is InChI=1S/C28H35NO3S/c1-18-5-8-21(9-6-18)33(31,32)26(29-4)25-12-11-23-22-10-7-19-17-20(30)13-15-27(19,2)24(22)14-16-28(23,25)3/h5-9,20,22-24,30H,10-17H2,1-3H3/b26-25-/t20?,22-,23-,24-,27-,28-/m0/s1. The molecule has 4 aliphatic carbocycles. The number of nitrogens with zero attached hydrogens (tertiary/aromatic N) is 1. The number of aryl methyl sites for hydroxylation is 1. The van der Waals surface area contributed by atoms with Crippen LogP contribution in [-0.4, -0.2) is 19.6 Å². The zero-order valence-corrected chi connectivity index (χ0v) is 20.8. The number of rotatable bonds is 2. The molecule has 33 heavy (non-hydrogen) atoms. The van der Waals surface area contributed by atoms with Crippen molar-refractivity contribution in [1.82, 2.24) is 0 Å². The van der Waals surface area contributed by atoms with Gasteiger partial charge in [0.05, 0.1) is 17.6 Å². The molecule has 176 valence electrons. The van der Waals surface area contributed by atoms with Crippen molar-refractivity contribution in [2.45, 2.75) is 83.1 Å². The van der Waals surface area contributed by atoms with E-state index in [0.717, 1.165) is 56.1 Å². The normalized spacial score (nSPS) is 39.5. The minimum atomic E-state index is -3.82. The first-order valence-electron chi connectivity index (χ1n) is 12.4. The second-order valence-corrected chi connectivity index (χ2v) is 13.2. The van der Waals surface area contributed by atoms with Gasteiger partial charge < -0.3 is 5.11 Å². The maximum Gasteiger partial charge on any atom is 0.282 e. The Morgan fingerprint density at radius 1 is 1.06 bits per heavy atom. The summed E-state index contributed by atoms with van der Waals surface area (Å²) in [7, 11) is -3.82. The number of hydrogen-bond acceptors (Lipinski definition) is 3. The molecule has 1 aromatic carbocycles. The maximum absolute atomic E-state index is 13.5. The molecule has 0 heterocycles. The average Bonchev–Trinajstić information content (AvgIpc) is 3.12. The van der Waals surface area contributed by atoms with Gasteiger partial charge in [-0.15, -0.1) is 0 Å². The SMILES string of the molecule is [C-]#[N+]/C(=C1\CC[C@H]2[C@@H]3CC=C4CC(O)CC[C@]4(C)[C@H]3CC[C@]12C)S(=O)(=O)c1ccc(C)cc1. The lowest BCUT2D eigenvalue weighted by molar-refractivity contribution is -0.0268. The van der Waals surface area contributed by atoms with Crippen molar-refractivity contribution in [1.29, 1.82) is 0 Å². The van der Waals surface area contributed by atoms with E-state index in [1.165, 1.54) is 5.57 Å². The van der Waals surface area contributed by atoms with E-state index in [1.807, 2.05) is 6.92 Å². The summed E-state index contributed by atoms with van der Waals surface area (Å²) in [6.45, 7) is 14.4. The van der Waals surface area contributed by atoms with Gasteiger partial charge in [-0.3, -0.25) is 0 Å². The molecule has 0 bridgehead atoms. The number of benzene rings is 1. The molecule has 3 saturated carbocycles. The van der Waals surface area contributed by atoms with E-state index in [-0.39, 0.29) is 26.9 Å². The van der Waals surface area contributed by atoms with Crippen molar-refractivity contribution in [3.63, 3.8) is 0 Å². The fourth-order valence-corrected chi connectivity index (χ4v) is 9.42.